The highest BCUT2D eigenvalue weighted by molar-refractivity contribution is 7.95. The van der Waals surface area contributed by atoms with E-state index in [9.17, 15) is 17.5 Å². The van der Waals surface area contributed by atoms with Crippen LogP contribution in [0.15, 0.2) is 78.1 Å². The molecule has 0 aliphatic carbocycles. The van der Waals surface area contributed by atoms with Gasteiger partial charge in [-0.2, -0.15) is 9.65 Å². The monoisotopic (exact) mass is 427 g/mol. The van der Waals surface area contributed by atoms with Crippen molar-refractivity contribution in [3.05, 3.63) is 90.4 Å². The largest absolute Gasteiger partial charge is 0.326 e. The molecule has 1 unspecified atom stereocenters. The lowest BCUT2D eigenvalue weighted by Crippen LogP contribution is -2.30. The molecule has 0 saturated heterocycles. The van der Waals surface area contributed by atoms with Crippen LogP contribution in [0.2, 0.25) is 0 Å². The van der Waals surface area contributed by atoms with Crippen LogP contribution in [0.1, 0.15) is 5.56 Å². The molecule has 4 aromatic rings. The normalized spacial score (nSPS) is 13.2. The highest BCUT2D eigenvalue weighted by Crippen LogP contribution is 2.30. The van der Waals surface area contributed by atoms with E-state index in [4.69, 9.17) is 0 Å². The third-order valence-corrected chi connectivity index (χ3v) is 5.95. The molecule has 4 rings (SSSR count). The number of nitrogens with zero attached hydrogens (tertiary/aromatic N) is 2. The minimum absolute atomic E-state index is 0.0299. The topological polar surface area (TPSA) is 90.9 Å². The number of halogens is 2. The highest BCUT2D eigenvalue weighted by atomic mass is 32.3. The van der Waals surface area contributed by atoms with Gasteiger partial charge < -0.3 is 0 Å². The molecule has 0 fully saturated rings. The molecule has 152 valence electrons. The van der Waals surface area contributed by atoms with Crippen LogP contribution in [-0.4, -0.2) is 19.7 Å². The summed E-state index contributed by atoms with van der Waals surface area (Å²) in [6, 6.07) is 13.4. The van der Waals surface area contributed by atoms with Crippen LogP contribution in [0.4, 0.5) is 8.78 Å². The molecule has 6 nitrogen and oxygen atoms in total. The number of nitrogens with one attached hydrogen (secondary N) is 2. The molecule has 0 aliphatic heterocycles. The molecule has 0 spiro atoms. The summed E-state index contributed by atoms with van der Waals surface area (Å²) in [5.74, 6) is -1.75. The fourth-order valence-electron chi connectivity index (χ4n) is 3.04. The molecule has 2 aromatic heterocycles. The van der Waals surface area contributed by atoms with Gasteiger partial charge in [-0.15, -0.1) is 0 Å². The van der Waals surface area contributed by atoms with Crippen molar-refractivity contribution in [2.24, 2.45) is 0 Å². The summed E-state index contributed by atoms with van der Waals surface area (Å²) in [7, 11) is -3.97. The Kier molecular flexibility index (Phi) is 5.49. The maximum Gasteiger partial charge on any atom is 0.326 e. The van der Waals surface area contributed by atoms with Gasteiger partial charge in [0.25, 0.3) is 0 Å². The SMILES string of the molecule is O=[S+](O)(NCc1cccc(-c2[nH]ncc2-c2ccncc2)c1)c1cc(F)ccc1F. The van der Waals surface area contributed by atoms with Gasteiger partial charge in [0.05, 0.1) is 18.4 Å². The molecule has 30 heavy (non-hydrogen) atoms. The van der Waals surface area contributed by atoms with Gasteiger partial charge in [0.15, 0.2) is 5.82 Å². The molecule has 2 heterocycles. The number of pyridine rings is 1. The Labute approximate surface area is 172 Å². The van der Waals surface area contributed by atoms with E-state index in [-0.39, 0.29) is 6.54 Å². The second-order valence-electron chi connectivity index (χ2n) is 6.52. The van der Waals surface area contributed by atoms with Gasteiger partial charge in [-0.1, -0.05) is 22.9 Å². The maximum atomic E-state index is 13.9. The van der Waals surface area contributed by atoms with Gasteiger partial charge in [0.2, 0.25) is 4.90 Å². The van der Waals surface area contributed by atoms with Gasteiger partial charge in [-0.05, 0) is 45.7 Å². The van der Waals surface area contributed by atoms with Gasteiger partial charge in [0, 0.05) is 29.6 Å². The van der Waals surface area contributed by atoms with Crippen molar-refractivity contribution in [1.82, 2.24) is 19.9 Å². The summed E-state index contributed by atoms with van der Waals surface area (Å²) in [6.45, 7) is -0.0299. The number of aromatic nitrogens is 3. The van der Waals surface area contributed by atoms with E-state index in [0.29, 0.717) is 11.6 Å². The lowest BCUT2D eigenvalue weighted by molar-refractivity contribution is 0.471. The average Bonchev–Trinajstić information content (AvgIpc) is 3.25. The Bertz CT molecular complexity index is 1230. The van der Waals surface area contributed by atoms with E-state index < -0.39 is 26.9 Å². The Morgan fingerprint density at radius 3 is 2.63 bits per heavy atom. The number of aromatic amines is 1. The van der Waals surface area contributed by atoms with Crippen LogP contribution in [0.5, 0.6) is 0 Å². The summed E-state index contributed by atoms with van der Waals surface area (Å²) < 4.78 is 52.4. The van der Waals surface area contributed by atoms with Crippen LogP contribution in [-0.2, 0) is 21.2 Å². The van der Waals surface area contributed by atoms with E-state index in [1.54, 1.807) is 30.7 Å². The van der Waals surface area contributed by atoms with Crippen molar-refractivity contribution in [2.75, 3.05) is 0 Å². The fourth-order valence-corrected chi connectivity index (χ4v) is 4.16. The number of H-pyrrole nitrogens is 1. The van der Waals surface area contributed by atoms with Crippen molar-refractivity contribution >= 4 is 10.4 Å². The molecular weight excluding hydrogens is 410 g/mol. The predicted octanol–water partition coefficient (Wildman–Crippen LogP) is 4.45. The Hall–Kier alpha value is -3.27. The smallest absolute Gasteiger partial charge is 0.277 e. The number of hydrogen-bond donors (Lipinski definition) is 3. The van der Waals surface area contributed by atoms with Crippen LogP contribution in [0.25, 0.3) is 22.4 Å². The Balaban J connectivity index is 1.58. The first-order valence-electron chi connectivity index (χ1n) is 8.93. The molecule has 0 aliphatic rings. The molecule has 0 bridgehead atoms. The van der Waals surface area contributed by atoms with Crippen LogP contribution in [0.3, 0.4) is 0 Å². The summed E-state index contributed by atoms with van der Waals surface area (Å²) in [6.07, 6.45) is 5.09. The maximum absolute atomic E-state index is 13.9. The van der Waals surface area contributed by atoms with E-state index in [1.807, 2.05) is 24.3 Å². The Morgan fingerprint density at radius 2 is 1.83 bits per heavy atom. The fraction of sp³-hybridized carbons (Fsp3) is 0.0476. The zero-order valence-electron chi connectivity index (χ0n) is 15.5. The number of hydrogen-bond acceptors (Lipinski definition) is 3. The molecule has 9 heteroatoms. The standard InChI is InChI=1S/C21H16F2N4O2S/c22-17-4-5-19(23)20(11-17)30(28,29)26-12-14-2-1-3-16(10-14)21-18(13-25-27-21)15-6-8-24-9-7-15/h1-11,13H,12H2,(H2-,25,26,27,28,29)/p+1. The second-order valence-corrected chi connectivity index (χ2v) is 8.30. The first kappa shape index (κ1) is 20.0. The summed E-state index contributed by atoms with van der Waals surface area (Å²) >= 11 is 0. The van der Waals surface area contributed by atoms with E-state index in [1.165, 1.54) is 0 Å². The van der Waals surface area contributed by atoms with E-state index >= 15 is 0 Å². The van der Waals surface area contributed by atoms with Crippen molar-refractivity contribution in [2.45, 2.75) is 11.4 Å². The highest BCUT2D eigenvalue weighted by Gasteiger charge is 2.33. The second kappa shape index (κ2) is 8.23. The van der Waals surface area contributed by atoms with Gasteiger partial charge in [0.1, 0.15) is 5.82 Å². The summed E-state index contributed by atoms with van der Waals surface area (Å²) in [5.41, 5.74) is 4.11. The first-order chi connectivity index (χ1) is 14.4. The number of rotatable bonds is 6. The number of benzene rings is 2. The quantitative estimate of drug-likeness (QED) is 0.397. The minimum Gasteiger partial charge on any atom is -0.277 e. The third kappa shape index (κ3) is 4.18. The molecule has 3 N–H and O–H groups in total. The molecule has 0 amide bonds. The van der Waals surface area contributed by atoms with Gasteiger partial charge in [-0.3, -0.25) is 10.1 Å². The van der Waals surface area contributed by atoms with E-state index in [0.717, 1.165) is 34.5 Å². The van der Waals surface area contributed by atoms with Gasteiger partial charge in [-0.25, -0.2) is 8.78 Å². The zero-order valence-corrected chi connectivity index (χ0v) is 16.4. The summed E-state index contributed by atoms with van der Waals surface area (Å²) in [5, 5.41) is 7.09. The predicted molar refractivity (Wildman–Crippen MR) is 109 cm³/mol. The zero-order chi connectivity index (χ0) is 21.1. The molecule has 2 aromatic carbocycles. The van der Waals surface area contributed by atoms with Crippen molar-refractivity contribution in [1.29, 1.82) is 0 Å². The minimum atomic E-state index is -3.97. The molecule has 0 radical (unpaired) electrons. The lowest BCUT2D eigenvalue weighted by atomic mass is 10.0. The van der Waals surface area contributed by atoms with Gasteiger partial charge >= 0.3 is 10.4 Å². The average molecular weight is 427 g/mol. The Morgan fingerprint density at radius 1 is 1.03 bits per heavy atom. The molecular formula is C21H17F2N4O2S+. The molecule has 1 atom stereocenters. The lowest BCUT2D eigenvalue weighted by Gasteiger charge is -2.09. The van der Waals surface area contributed by atoms with Crippen molar-refractivity contribution < 1.29 is 17.5 Å². The van der Waals surface area contributed by atoms with Crippen LogP contribution in [0, 0.1) is 11.6 Å². The summed E-state index contributed by atoms with van der Waals surface area (Å²) in [4.78, 5) is 3.40. The van der Waals surface area contributed by atoms with Crippen LogP contribution >= 0.6 is 0 Å². The molecule has 0 saturated carbocycles. The van der Waals surface area contributed by atoms with Crippen molar-refractivity contribution in [3.63, 3.8) is 0 Å². The third-order valence-electron chi connectivity index (χ3n) is 4.51. The van der Waals surface area contributed by atoms with E-state index in [2.05, 4.69) is 19.9 Å². The first-order valence-corrected chi connectivity index (χ1v) is 10.4. The van der Waals surface area contributed by atoms with Crippen molar-refractivity contribution in [3.8, 4) is 22.4 Å². The van der Waals surface area contributed by atoms with Crippen LogP contribution < -0.4 is 4.72 Å².